The SMILES string of the molecule is Cc1cc(C)cc(OCC(=O)NNC(=O)C=Cc2cccs2)c1. The monoisotopic (exact) mass is 330 g/mol. The maximum atomic E-state index is 11.7. The number of nitrogens with one attached hydrogen (secondary N) is 2. The normalized spacial score (nSPS) is 10.5. The summed E-state index contributed by atoms with van der Waals surface area (Å²) in [7, 11) is 0. The topological polar surface area (TPSA) is 67.4 Å². The minimum absolute atomic E-state index is 0.169. The van der Waals surface area contributed by atoms with Crippen LogP contribution in [0.25, 0.3) is 6.08 Å². The van der Waals surface area contributed by atoms with Crippen LogP contribution >= 0.6 is 11.3 Å². The summed E-state index contributed by atoms with van der Waals surface area (Å²) in [5, 5.41) is 1.92. The van der Waals surface area contributed by atoms with Gasteiger partial charge in [0.25, 0.3) is 11.8 Å². The van der Waals surface area contributed by atoms with Crippen molar-refractivity contribution in [2.45, 2.75) is 13.8 Å². The number of ether oxygens (including phenoxy) is 1. The highest BCUT2D eigenvalue weighted by Gasteiger charge is 2.04. The lowest BCUT2D eigenvalue weighted by atomic mass is 10.1. The van der Waals surface area contributed by atoms with Crippen LogP contribution in [0.1, 0.15) is 16.0 Å². The molecule has 5 nitrogen and oxygen atoms in total. The van der Waals surface area contributed by atoms with E-state index in [1.807, 2.05) is 49.6 Å². The molecule has 0 saturated heterocycles. The van der Waals surface area contributed by atoms with Gasteiger partial charge in [0.2, 0.25) is 0 Å². The Bertz CT molecular complexity index is 688. The molecule has 0 aliphatic rings. The molecule has 0 atom stereocenters. The van der Waals surface area contributed by atoms with E-state index in [1.54, 1.807) is 6.08 Å². The van der Waals surface area contributed by atoms with E-state index in [4.69, 9.17) is 4.74 Å². The highest BCUT2D eigenvalue weighted by atomic mass is 32.1. The van der Waals surface area contributed by atoms with Crippen LogP contribution in [-0.4, -0.2) is 18.4 Å². The second kappa shape index (κ2) is 8.14. The van der Waals surface area contributed by atoms with Crippen LogP contribution in [0.2, 0.25) is 0 Å². The number of benzene rings is 1. The second-order valence-electron chi connectivity index (χ2n) is 5.00. The van der Waals surface area contributed by atoms with Crippen LogP contribution in [0.5, 0.6) is 5.75 Å². The Labute approximate surface area is 139 Å². The first-order valence-corrected chi connectivity index (χ1v) is 7.92. The first kappa shape index (κ1) is 16.8. The molecule has 120 valence electrons. The van der Waals surface area contributed by atoms with E-state index in [2.05, 4.69) is 10.9 Å². The number of aryl methyl sites for hydroxylation is 2. The molecule has 2 aromatic rings. The Morgan fingerprint density at radius 3 is 2.57 bits per heavy atom. The number of carbonyl (C=O) groups is 2. The maximum Gasteiger partial charge on any atom is 0.276 e. The van der Waals surface area contributed by atoms with Crippen molar-refractivity contribution in [1.29, 1.82) is 0 Å². The fourth-order valence-electron chi connectivity index (χ4n) is 1.92. The van der Waals surface area contributed by atoms with Gasteiger partial charge in [0.1, 0.15) is 5.75 Å². The molecule has 6 heteroatoms. The lowest BCUT2D eigenvalue weighted by molar-refractivity contribution is -0.128. The first-order chi connectivity index (χ1) is 11.0. The molecule has 0 unspecified atom stereocenters. The van der Waals surface area contributed by atoms with Gasteiger partial charge in [-0.2, -0.15) is 0 Å². The Kier molecular flexibility index (Phi) is 5.94. The number of thiophene rings is 1. The average molecular weight is 330 g/mol. The van der Waals surface area contributed by atoms with Crippen molar-refractivity contribution in [1.82, 2.24) is 10.9 Å². The van der Waals surface area contributed by atoms with E-state index in [-0.39, 0.29) is 6.61 Å². The van der Waals surface area contributed by atoms with E-state index in [9.17, 15) is 9.59 Å². The van der Waals surface area contributed by atoms with Gasteiger partial charge in [-0.3, -0.25) is 20.4 Å². The summed E-state index contributed by atoms with van der Waals surface area (Å²) in [5.74, 6) is -0.207. The first-order valence-electron chi connectivity index (χ1n) is 7.04. The molecule has 2 N–H and O–H groups in total. The van der Waals surface area contributed by atoms with Crippen molar-refractivity contribution in [2.24, 2.45) is 0 Å². The van der Waals surface area contributed by atoms with Gasteiger partial charge in [-0.05, 0) is 54.6 Å². The van der Waals surface area contributed by atoms with Crippen molar-refractivity contribution in [3.63, 3.8) is 0 Å². The van der Waals surface area contributed by atoms with E-state index >= 15 is 0 Å². The average Bonchev–Trinajstić information content (AvgIpc) is 3.01. The van der Waals surface area contributed by atoms with Crippen LogP contribution in [-0.2, 0) is 9.59 Å². The molecule has 0 bridgehead atoms. The molecule has 0 aliphatic carbocycles. The van der Waals surface area contributed by atoms with Gasteiger partial charge in [-0.15, -0.1) is 11.3 Å². The van der Waals surface area contributed by atoms with Crippen LogP contribution < -0.4 is 15.6 Å². The molecule has 0 spiro atoms. The predicted molar refractivity (Wildman–Crippen MR) is 91.0 cm³/mol. The third-order valence-electron chi connectivity index (χ3n) is 2.83. The molecular weight excluding hydrogens is 312 g/mol. The summed E-state index contributed by atoms with van der Waals surface area (Å²) in [5.41, 5.74) is 6.73. The highest BCUT2D eigenvalue weighted by Crippen LogP contribution is 2.15. The summed E-state index contributed by atoms with van der Waals surface area (Å²) in [6.45, 7) is 3.75. The quantitative estimate of drug-likeness (QED) is 0.654. The highest BCUT2D eigenvalue weighted by molar-refractivity contribution is 7.10. The lowest BCUT2D eigenvalue weighted by Gasteiger charge is -2.09. The fraction of sp³-hybridized carbons (Fsp3) is 0.176. The minimum Gasteiger partial charge on any atom is -0.484 e. The predicted octanol–water partition coefficient (Wildman–Crippen LogP) is 2.60. The zero-order valence-corrected chi connectivity index (χ0v) is 13.8. The molecule has 0 fully saturated rings. The van der Waals surface area contributed by atoms with Gasteiger partial charge in [-0.25, -0.2) is 0 Å². The lowest BCUT2D eigenvalue weighted by Crippen LogP contribution is -2.43. The molecule has 1 aromatic carbocycles. The second-order valence-corrected chi connectivity index (χ2v) is 5.98. The number of amides is 2. The molecule has 2 rings (SSSR count). The zero-order valence-electron chi connectivity index (χ0n) is 13.0. The standard InChI is InChI=1S/C17H18N2O3S/c1-12-8-13(2)10-14(9-12)22-11-17(21)19-18-16(20)6-5-15-4-3-7-23-15/h3-10H,11H2,1-2H3,(H,18,20)(H,19,21). The molecule has 2 amide bonds. The van der Waals surface area contributed by atoms with Crippen LogP contribution in [0.3, 0.4) is 0 Å². The van der Waals surface area contributed by atoms with Crippen LogP contribution in [0.4, 0.5) is 0 Å². The molecule has 0 aliphatic heterocycles. The number of rotatable bonds is 5. The summed E-state index contributed by atoms with van der Waals surface area (Å²) in [4.78, 5) is 24.2. The third kappa shape index (κ3) is 5.96. The Hall–Kier alpha value is -2.60. The van der Waals surface area contributed by atoms with Crippen molar-refractivity contribution in [3.8, 4) is 5.75 Å². The smallest absolute Gasteiger partial charge is 0.276 e. The van der Waals surface area contributed by atoms with E-state index < -0.39 is 11.8 Å². The van der Waals surface area contributed by atoms with Gasteiger partial charge in [0.15, 0.2) is 6.61 Å². The van der Waals surface area contributed by atoms with Gasteiger partial charge < -0.3 is 4.74 Å². The summed E-state index contributed by atoms with van der Waals surface area (Å²) in [6, 6.07) is 9.51. The maximum absolute atomic E-state index is 11.7. The summed E-state index contributed by atoms with van der Waals surface area (Å²) < 4.78 is 5.40. The minimum atomic E-state index is -0.429. The van der Waals surface area contributed by atoms with Gasteiger partial charge in [0, 0.05) is 11.0 Å². The molecule has 1 aromatic heterocycles. The molecule has 23 heavy (non-hydrogen) atoms. The van der Waals surface area contributed by atoms with Gasteiger partial charge in [0.05, 0.1) is 0 Å². The molecule has 0 saturated carbocycles. The van der Waals surface area contributed by atoms with E-state index in [0.29, 0.717) is 5.75 Å². The molecule has 1 heterocycles. The number of carbonyl (C=O) groups excluding carboxylic acids is 2. The van der Waals surface area contributed by atoms with E-state index in [0.717, 1.165) is 16.0 Å². The summed E-state index contributed by atoms with van der Waals surface area (Å²) in [6.07, 6.45) is 3.04. The van der Waals surface area contributed by atoms with Crippen molar-refractivity contribution in [2.75, 3.05) is 6.61 Å². The molecule has 0 radical (unpaired) electrons. The van der Waals surface area contributed by atoms with Crippen molar-refractivity contribution >= 4 is 29.2 Å². The number of hydrogen-bond donors (Lipinski definition) is 2. The van der Waals surface area contributed by atoms with Crippen LogP contribution in [0, 0.1) is 13.8 Å². The van der Waals surface area contributed by atoms with Crippen molar-refractivity contribution in [3.05, 3.63) is 57.8 Å². The Balaban J connectivity index is 1.73. The van der Waals surface area contributed by atoms with Crippen LogP contribution in [0.15, 0.2) is 41.8 Å². The number of hydrogen-bond acceptors (Lipinski definition) is 4. The summed E-state index contributed by atoms with van der Waals surface area (Å²) >= 11 is 1.52. The van der Waals surface area contributed by atoms with Crippen molar-refractivity contribution < 1.29 is 14.3 Å². The third-order valence-corrected chi connectivity index (χ3v) is 3.67. The molecular formula is C17H18N2O3S. The Morgan fingerprint density at radius 2 is 1.91 bits per heavy atom. The van der Waals surface area contributed by atoms with Gasteiger partial charge in [-0.1, -0.05) is 12.1 Å². The Morgan fingerprint density at radius 1 is 1.17 bits per heavy atom. The fourth-order valence-corrected chi connectivity index (χ4v) is 2.54. The largest absolute Gasteiger partial charge is 0.484 e. The zero-order chi connectivity index (χ0) is 16.7. The number of hydrazine groups is 1. The van der Waals surface area contributed by atoms with Gasteiger partial charge >= 0.3 is 0 Å². The van der Waals surface area contributed by atoms with E-state index in [1.165, 1.54) is 17.4 Å².